The van der Waals surface area contributed by atoms with Crippen LogP contribution in [-0.4, -0.2) is 36.1 Å². The Hall–Kier alpha value is -0.590. The van der Waals surface area contributed by atoms with Crippen LogP contribution in [0.1, 0.15) is 45.4 Å². The van der Waals surface area contributed by atoms with Crippen LogP contribution in [0, 0.1) is 11.3 Å². The molecule has 1 N–H and O–H groups in total. The fraction of sp³-hybridized carbons (Fsp3) is 0.923. The van der Waals surface area contributed by atoms with Crippen molar-refractivity contribution in [2.24, 2.45) is 0 Å². The van der Waals surface area contributed by atoms with Gasteiger partial charge in [0.25, 0.3) is 0 Å². The summed E-state index contributed by atoms with van der Waals surface area (Å²) in [5.41, 5.74) is 0. The first-order valence-electron chi connectivity index (χ1n) is 6.69. The van der Waals surface area contributed by atoms with Crippen LogP contribution in [-0.2, 0) is 0 Å². The fourth-order valence-corrected chi connectivity index (χ4v) is 3.25. The van der Waals surface area contributed by atoms with Crippen LogP contribution in [0.5, 0.6) is 0 Å². The molecule has 0 aromatic carbocycles. The molecule has 0 aliphatic carbocycles. The van der Waals surface area contributed by atoms with Gasteiger partial charge in [-0.05, 0) is 45.7 Å². The van der Waals surface area contributed by atoms with E-state index in [0.717, 1.165) is 0 Å². The first kappa shape index (κ1) is 11.9. The largest absolute Gasteiger partial charge is 0.312 e. The zero-order valence-electron chi connectivity index (χ0n) is 10.3. The maximum Gasteiger partial charge on any atom is 0.0638 e. The van der Waals surface area contributed by atoms with Gasteiger partial charge in [-0.1, -0.05) is 6.42 Å². The van der Waals surface area contributed by atoms with E-state index in [1.54, 1.807) is 0 Å². The summed E-state index contributed by atoms with van der Waals surface area (Å²) in [5, 5.41) is 12.5. The molecule has 3 nitrogen and oxygen atoms in total. The van der Waals surface area contributed by atoms with Gasteiger partial charge in [0.1, 0.15) is 0 Å². The highest BCUT2D eigenvalue weighted by Gasteiger charge is 2.33. The normalized spacial score (nSPS) is 33.5. The molecule has 0 bridgehead atoms. The number of hydrogen-bond acceptors (Lipinski definition) is 3. The van der Waals surface area contributed by atoms with E-state index >= 15 is 0 Å². The predicted molar refractivity (Wildman–Crippen MR) is 65.1 cm³/mol. The fourth-order valence-electron chi connectivity index (χ4n) is 3.25. The number of likely N-dealkylation sites (tertiary alicyclic amines) is 1. The molecule has 16 heavy (non-hydrogen) atoms. The molecular formula is C13H23N3. The number of nitriles is 1. The molecule has 0 aromatic rings. The molecule has 2 rings (SSSR count). The lowest BCUT2D eigenvalue weighted by atomic mass is 9.92. The Kier molecular flexibility index (Phi) is 4.20. The molecule has 3 heteroatoms. The van der Waals surface area contributed by atoms with Gasteiger partial charge >= 0.3 is 0 Å². The van der Waals surface area contributed by atoms with E-state index in [4.69, 9.17) is 5.26 Å². The Labute approximate surface area is 98.8 Å². The number of piperidine rings is 1. The zero-order chi connectivity index (χ0) is 11.4. The van der Waals surface area contributed by atoms with E-state index in [1.807, 2.05) is 0 Å². The van der Waals surface area contributed by atoms with Gasteiger partial charge in [0.05, 0.1) is 12.5 Å². The average molecular weight is 221 g/mol. The highest BCUT2D eigenvalue weighted by atomic mass is 15.2. The van der Waals surface area contributed by atoms with E-state index in [-0.39, 0.29) is 0 Å². The Morgan fingerprint density at radius 3 is 2.94 bits per heavy atom. The summed E-state index contributed by atoms with van der Waals surface area (Å²) < 4.78 is 0. The maximum atomic E-state index is 8.83. The minimum absolute atomic E-state index is 0.428. The first-order chi connectivity index (χ1) is 7.83. The van der Waals surface area contributed by atoms with E-state index in [1.165, 1.54) is 45.2 Å². The summed E-state index contributed by atoms with van der Waals surface area (Å²) in [6.07, 6.45) is 7.29. The average Bonchev–Trinajstić information content (AvgIpc) is 2.83. The van der Waals surface area contributed by atoms with E-state index < -0.39 is 0 Å². The molecule has 2 fully saturated rings. The third-order valence-electron chi connectivity index (χ3n) is 4.11. The molecule has 0 aromatic heterocycles. The maximum absolute atomic E-state index is 8.83. The molecule has 3 unspecified atom stereocenters. The summed E-state index contributed by atoms with van der Waals surface area (Å²) in [7, 11) is 0. The van der Waals surface area contributed by atoms with Gasteiger partial charge in [-0.15, -0.1) is 0 Å². The third-order valence-corrected chi connectivity index (χ3v) is 4.11. The second-order valence-electron chi connectivity index (χ2n) is 5.22. The van der Waals surface area contributed by atoms with Crippen LogP contribution in [0.2, 0.25) is 0 Å². The predicted octanol–water partition coefficient (Wildman–Crippen LogP) is 1.90. The lowest BCUT2D eigenvalue weighted by Gasteiger charge is -2.42. The summed E-state index contributed by atoms with van der Waals surface area (Å²) in [5.74, 6) is 0. The quantitative estimate of drug-likeness (QED) is 0.791. The number of nitrogens with zero attached hydrogens (tertiary/aromatic N) is 2. The second-order valence-corrected chi connectivity index (χ2v) is 5.22. The molecule has 3 atom stereocenters. The first-order valence-corrected chi connectivity index (χ1v) is 6.69. The van der Waals surface area contributed by atoms with Crippen molar-refractivity contribution in [3.05, 3.63) is 0 Å². The second kappa shape index (κ2) is 5.65. The van der Waals surface area contributed by atoms with Crippen LogP contribution in [0.4, 0.5) is 0 Å². The molecular weight excluding hydrogens is 198 g/mol. The van der Waals surface area contributed by atoms with Crippen molar-refractivity contribution < 1.29 is 0 Å². The summed E-state index contributed by atoms with van der Waals surface area (Å²) in [4.78, 5) is 2.58. The SMILES string of the molecule is CC(CC#N)N1CCCCC1C1CCCN1. The Morgan fingerprint density at radius 1 is 1.38 bits per heavy atom. The van der Waals surface area contributed by atoms with Crippen LogP contribution >= 0.6 is 0 Å². The van der Waals surface area contributed by atoms with E-state index in [2.05, 4.69) is 23.2 Å². The molecule has 2 saturated heterocycles. The van der Waals surface area contributed by atoms with Crippen molar-refractivity contribution in [1.82, 2.24) is 10.2 Å². The van der Waals surface area contributed by atoms with Crippen molar-refractivity contribution in [3.63, 3.8) is 0 Å². The van der Waals surface area contributed by atoms with Crippen molar-refractivity contribution in [3.8, 4) is 6.07 Å². The van der Waals surface area contributed by atoms with Gasteiger partial charge in [0.15, 0.2) is 0 Å². The molecule has 0 spiro atoms. The van der Waals surface area contributed by atoms with Crippen molar-refractivity contribution in [2.75, 3.05) is 13.1 Å². The molecule has 2 aliphatic heterocycles. The summed E-state index contributed by atoms with van der Waals surface area (Å²) >= 11 is 0. The zero-order valence-corrected chi connectivity index (χ0v) is 10.3. The molecule has 2 aliphatic rings. The third kappa shape index (κ3) is 2.56. The molecule has 90 valence electrons. The highest BCUT2D eigenvalue weighted by Crippen LogP contribution is 2.26. The van der Waals surface area contributed by atoms with Gasteiger partial charge in [0, 0.05) is 18.1 Å². The van der Waals surface area contributed by atoms with Crippen LogP contribution in [0.25, 0.3) is 0 Å². The Balaban J connectivity index is 1.98. The number of hydrogen-bond donors (Lipinski definition) is 1. The molecule has 0 radical (unpaired) electrons. The number of nitrogens with one attached hydrogen (secondary N) is 1. The molecule has 0 saturated carbocycles. The van der Waals surface area contributed by atoms with Gasteiger partial charge in [-0.25, -0.2) is 0 Å². The van der Waals surface area contributed by atoms with Crippen molar-refractivity contribution in [2.45, 2.75) is 63.6 Å². The molecule has 2 heterocycles. The van der Waals surface area contributed by atoms with Gasteiger partial charge in [-0.3, -0.25) is 4.90 Å². The number of rotatable bonds is 3. The lowest BCUT2D eigenvalue weighted by molar-refractivity contribution is 0.0823. The van der Waals surface area contributed by atoms with Crippen LogP contribution in [0.3, 0.4) is 0 Å². The van der Waals surface area contributed by atoms with Crippen LogP contribution in [0.15, 0.2) is 0 Å². The van der Waals surface area contributed by atoms with Gasteiger partial charge in [0.2, 0.25) is 0 Å². The van der Waals surface area contributed by atoms with Gasteiger partial charge < -0.3 is 5.32 Å². The monoisotopic (exact) mass is 221 g/mol. The van der Waals surface area contributed by atoms with Crippen LogP contribution < -0.4 is 5.32 Å². The minimum atomic E-state index is 0.428. The minimum Gasteiger partial charge on any atom is -0.312 e. The van der Waals surface area contributed by atoms with E-state index in [9.17, 15) is 0 Å². The lowest BCUT2D eigenvalue weighted by Crippen LogP contribution is -2.53. The van der Waals surface area contributed by atoms with Crippen molar-refractivity contribution >= 4 is 0 Å². The Bertz CT molecular complexity index is 252. The smallest absolute Gasteiger partial charge is 0.0638 e. The van der Waals surface area contributed by atoms with Gasteiger partial charge in [-0.2, -0.15) is 5.26 Å². The van der Waals surface area contributed by atoms with Crippen molar-refractivity contribution in [1.29, 1.82) is 5.26 Å². The Morgan fingerprint density at radius 2 is 2.25 bits per heavy atom. The van der Waals surface area contributed by atoms with E-state index in [0.29, 0.717) is 24.5 Å². The topological polar surface area (TPSA) is 39.1 Å². The molecule has 0 amide bonds. The summed E-state index contributed by atoms with van der Waals surface area (Å²) in [6, 6.07) is 4.10. The standard InChI is InChI=1S/C13H23N3/c1-11(7-8-14)16-10-3-2-6-13(16)12-5-4-9-15-12/h11-13,15H,2-7,9-10H2,1H3. The summed E-state index contributed by atoms with van der Waals surface area (Å²) in [6.45, 7) is 4.57. The highest BCUT2D eigenvalue weighted by molar-refractivity contribution is 4.94.